The van der Waals surface area contributed by atoms with Crippen molar-refractivity contribution in [2.45, 2.75) is 33.6 Å². The Bertz CT molecular complexity index is 441. The molecule has 0 fully saturated rings. The quantitative estimate of drug-likeness (QED) is 0.738. The third kappa shape index (κ3) is 4.91. The number of benzene rings is 1. The molecule has 4 nitrogen and oxygen atoms in total. The Morgan fingerprint density at radius 2 is 2.05 bits per heavy atom. The molecule has 0 bridgehead atoms. The molecule has 0 aliphatic rings. The summed E-state index contributed by atoms with van der Waals surface area (Å²) in [5.41, 5.74) is 1.14. The molecule has 0 aliphatic carbocycles. The maximum atomic E-state index is 12.0. The summed E-state index contributed by atoms with van der Waals surface area (Å²) in [6.07, 6.45) is 1.56. The molecular formula is C15H23NO3. The van der Waals surface area contributed by atoms with Crippen molar-refractivity contribution in [3.63, 3.8) is 0 Å². The second-order valence-corrected chi connectivity index (χ2v) is 5.69. The first-order valence-electron chi connectivity index (χ1n) is 6.54. The van der Waals surface area contributed by atoms with E-state index in [0.717, 1.165) is 18.4 Å². The fourth-order valence-corrected chi connectivity index (χ4v) is 1.89. The van der Waals surface area contributed by atoms with Gasteiger partial charge in [-0.25, -0.2) is 0 Å². The van der Waals surface area contributed by atoms with Gasteiger partial charge in [0.2, 0.25) is 0 Å². The van der Waals surface area contributed by atoms with Gasteiger partial charge in [0.25, 0.3) is 5.91 Å². The molecule has 106 valence electrons. The standard InChI is InChI=1S/C15H23NO3/c1-11-5-6-12(13(18)9-11)14(19)16-10-15(2,3)7-4-8-17/h5-6,9,17-18H,4,7-8,10H2,1-3H3,(H,16,19). The number of hydrogen-bond donors (Lipinski definition) is 3. The van der Waals surface area contributed by atoms with E-state index in [2.05, 4.69) is 5.32 Å². The Balaban J connectivity index is 2.60. The summed E-state index contributed by atoms with van der Waals surface area (Å²) in [5, 5.41) is 21.4. The van der Waals surface area contributed by atoms with Gasteiger partial charge in [0.15, 0.2) is 0 Å². The van der Waals surface area contributed by atoms with Crippen molar-refractivity contribution in [1.29, 1.82) is 0 Å². The molecule has 0 saturated heterocycles. The fourth-order valence-electron chi connectivity index (χ4n) is 1.89. The number of hydrogen-bond acceptors (Lipinski definition) is 3. The highest BCUT2D eigenvalue weighted by Crippen LogP contribution is 2.22. The number of carbonyl (C=O) groups excluding carboxylic acids is 1. The summed E-state index contributed by atoms with van der Waals surface area (Å²) in [6.45, 7) is 6.62. The Morgan fingerprint density at radius 1 is 1.37 bits per heavy atom. The van der Waals surface area contributed by atoms with Crippen LogP contribution in [0.4, 0.5) is 0 Å². The summed E-state index contributed by atoms with van der Waals surface area (Å²) in [4.78, 5) is 12.0. The number of aliphatic hydroxyl groups excluding tert-OH is 1. The number of carbonyl (C=O) groups is 1. The highest BCUT2D eigenvalue weighted by atomic mass is 16.3. The van der Waals surface area contributed by atoms with E-state index in [1.165, 1.54) is 0 Å². The zero-order valence-electron chi connectivity index (χ0n) is 11.9. The van der Waals surface area contributed by atoms with Gasteiger partial charge >= 0.3 is 0 Å². The number of phenols is 1. The second kappa shape index (κ2) is 6.57. The molecule has 4 heteroatoms. The van der Waals surface area contributed by atoms with Crippen LogP contribution in [0.3, 0.4) is 0 Å². The Morgan fingerprint density at radius 3 is 2.63 bits per heavy atom. The van der Waals surface area contributed by atoms with Crippen LogP contribution in [0.25, 0.3) is 0 Å². The van der Waals surface area contributed by atoms with Crippen LogP contribution >= 0.6 is 0 Å². The van der Waals surface area contributed by atoms with Crippen molar-refractivity contribution in [3.8, 4) is 5.75 Å². The number of aliphatic hydroxyl groups is 1. The highest BCUT2D eigenvalue weighted by Gasteiger charge is 2.19. The molecule has 0 radical (unpaired) electrons. The van der Waals surface area contributed by atoms with E-state index in [-0.39, 0.29) is 23.7 Å². The zero-order chi connectivity index (χ0) is 14.5. The van der Waals surface area contributed by atoms with Gasteiger partial charge in [-0.3, -0.25) is 4.79 Å². The normalized spacial score (nSPS) is 11.4. The van der Waals surface area contributed by atoms with Gasteiger partial charge < -0.3 is 15.5 Å². The molecule has 0 spiro atoms. The molecule has 0 saturated carbocycles. The molecule has 1 rings (SSSR count). The predicted molar refractivity (Wildman–Crippen MR) is 75.3 cm³/mol. The SMILES string of the molecule is Cc1ccc(C(=O)NCC(C)(C)CCCO)c(O)c1. The minimum absolute atomic E-state index is 0.00524. The summed E-state index contributed by atoms with van der Waals surface area (Å²) < 4.78 is 0. The largest absolute Gasteiger partial charge is 0.507 e. The average molecular weight is 265 g/mol. The summed E-state index contributed by atoms with van der Waals surface area (Å²) in [7, 11) is 0. The van der Waals surface area contributed by atoms with Crippen LogP contribution in [0, 0.1) is 12.3 Å². The van der Waals surface area contributed by atoms with Crippen LogP contribution in [0.15, 0.2) is 18.2 Å². The van der Waals surface area contributed by atoms with E-state index in [0.29, 0.717) is 12.1 Å². The molecule has 0 unspecified atom stereocenters. The molecule has 3 N–H and O–H groups in total. The number of rotatable bonds is 6. The minimum atomic E-state index is -0.269. The Hall–Kier alpha value is -1.55. The van der Waals surface area contributed by atoms with Crippen molar-refractivity contribution in [3.05, 3.63) is 29.3 Å². The molecule has 0 heterocycles. The van der Waals surface area contributed by atoms with Gasteiger partial charge in [0.05, 0.1) is 5.56 Å². The van der Waals surface area contributed by atoms with Gasteiger partial charge in [0, 0.05) is 13.2 Å². The van der Waals surface area contributed by atoms with E-state index in [1.54, 1.807) is 18.2 Å². The van der Waals surface area contributed by atoms with E-state index < -0.39 is 0 Å². The number of aromatic hydroxyl groups is 1. The lowest BCUT2D eigenvalue weighted by atomic mass is 9.88. The maximum absolute atomic E-state index is 12.0. The van der Waals surface area contributed by atoms with E-state index in [4.69, 9.17) is 5.11 Å². The van der Waals surface area contributed by atoms with Gasteiger partial charge in [-0.15, -0.1) is 0 Å². The molecule has 1 amide bonds. The molecule has 0 atom stereocenters. The minimum Gasteiger partial charge on any atom is -0.507 e. The Kier molecular flexibility index (Phi) is 5.36. The lowest BCUT2D eigenvalue weighted by Crippen LogP contribution is -2.34. The molecular weight excluding hydrogens is 242 g/mol. The first-order valence-corrected chi connectivity index (χ1v) is 6.54. The van der Waals surface area contributed by atoms with Crippen LogP contribution in [0.5, 0.6) is 5.75 Å². The van der Waals surface area contributed by atoms with Crippen molar-refractivity contribution in [1.82, 2.24) is 5.32 Å². The van der Waals surface area contributed by atoms with E-state index >= 15 is 0 Å². The molecule has 19 heavy (non-hydrogen) atoms. The van der Waals surface area contributed by atoms with Crippen LogP contribution < -0.4 is 5.32 Å². The summed E-state index contributed by atoms with van der Waals surface area (Å²) >= 11 is 0. The molecule has 1 aromatic rings. The first-order chi connectivity index (χ1) is 8.85. The highest BCUT2D eigenvalue weighted by molar-refractivity contribution is 5.96. The van der Waals surface area contributed by atoms with Crippen LogP contribution in [-0.2, 0) is 0 Å². The van der Waals surface area contributed by atoms with Crippen molar-refractivity contribution < 1.29 is 15.0 Å². The first kappa shape index (κ1) is 15.5. The van der Waals surface area contributed by atoms with Crippen LogP contribution in [0.2, 0.25) is 0 Å². The van der Waals surface area contributed by atoms with Gasteiger partial charge in [-0.1, -0.05) is 19.9 Å². The molecule has 0 aliphatic heterocycles. The van der Waals surface area contributed by atoms with Gasteiger partial charge in [-0.2, -0.15) is 0 Å². The molecule has 1 aromatic carbocycles. The predicted octanol–water partition coefficient (Wildman–Crippen LogP) is 2.23. The molecule has 0 aromatic heterocycles. The van der Waals surface area contributed by atoms with Crippen LogP contribution in [0.1, 0.15) is 42.6 Å². The third-order valence-corrected chi connectivity index (χ3v) is 3.14. The average Bonchev–Trinajstić information content (AvgIpc) is 2.34. The number of phenolic OH excluding ortho intramolecular Hbond substituents is 1. The van der Waals surface area contributed by atoms with Crippen molar-refractivity contribution in [2.75, 3.05) is 13.2 Å². The van der Waals surface area contributed by atoms with Gasteiger partial charge in [0.1, 0.15) is 5.75 Å². The fraction of sp³-hybridized carbons (Fsp3) is 0.533. The van der Waals surface area contributed by atoms with Crippen LogP contribution in [-0.4, -0.2) is 29.3 Å². The smallest absolute Gasteiger partial charge is 0.255 e. The van der Waals surface area contributed by atoms with Crippen molar-refractivity contribution in [2.24, 2.45) is 5.41 Å². The van der Waals surface area contributed by atoms with Crippen molar-refractivity contribution >= 4 is 5.91 Å². The van der Waals surface area contributed by atoms with E-state index in [1.807, 2.05) is 20.8 Å². The number of aryl methyl sites for hydroxylation is 1. The third-order valence-electron chi connectivity index (χ3n) is 3.14. The monoisotopic (exact) mass is 265 g/mol. The maximum Gasteiger partial charge on any atom is 0.255 e. The van der Waals surface area contributed by atoms with E-state index in [9.17, 15) is 9.90 Å². The topological polar surface area (TPSA) is 69.6 Å². The number of nitrogens with one attached hydrogen (secondary N) is 1. The summed E-state index contributed by atoms with van der Waals surface area (Å²) in [5.74, 6) is -0.264. The zero-order valence-corrected chi connectivity index (χ0v) is 11.9. The summed E-state index contributed by atoms with van der Waals surface area (Å²) in [6, 6.07) is 5.00. The number of amides is 1. The lowest BCUT2D eigenvalue weighted by Gasteiger charge is -2.24. The Labute approximate surface area is 114 Å². The second-order valence-electron chi connectivity index (χ2n) is 5.69. The lowest BCUT2D eigenvalue weighted by molar-refractivity contribution is 0.0930. The van der Waals surface area contributed by atoms with Gasteiger partial charge in [-0.05, 0) is 42.9 Å².